The number of carbonyl (C=O) groups excluding carboxylic acids is 2. The van der Waals surface area contributed by atoms with Gasteiger partial charge >= 0.3 is 17.8 Å². The Kier molecular flexibility index (Phi) is 12.6. The molecule has 1 aromatic carbocycles. The van der Waals surface area contributed by atoms with E-state index in [9.17, 15) is 36.2 Å². The van der Waals surface area contributed by atoms with Gasteiger partial charge in [-0.1, -0.05) is 33.4 Å². The number of alkyl halides is 3. The van der Waals surface area contributed by atoms with Crippen molar-refractivity contribution in [3.05, 3.63) is 44.8 Å². The molecule has 1 aliphatic rings. The molecule has 3 N–H and O–H groups in total. The van der Waals surface area contributed by atoms with Crippen LogP contribution in [-0.2, 0) is 20.4 Å². The fourth-order valence-electron chi connectivity index (χ4n) is 4.67. The lowest BCUT2D eigenvalue weighted by atomic mass is 9.84. The number of hydrogen-bond acceptors (Lipinski definition) is 6. The summed E-state index contributed by atoms with van der Waals surface area (Å²) in [5.41, 5.74) is 5.02. The number of carboxylic acids is 1. The van der Waals surface area contributed by atoms with Crippen LogP contribution in [0.25, 0.3) is 0 Å². The predicted octanol–water partition coefficient (Wildman–Crippen LogP) is 6.23. The Labute approximate surface area is 258 Å². The Hall–Kier alpha value is -2.71. The van der Waals surface area contributed by atoms with Gasteiger partial charge in [0.05, 0.1) is 22.2 Å². The molecule has 0 aliphatic heterocycles. The second-order valence-electron chi connectivity index (χ2n) is 11.1. The highest BCUT2D eigenvalue weighted by Crippen LogP contribution is 2.35. The summed E-state index contributed by atoms with van der Waals surface area (Å²) in [6.07, 6.45) is -4.66. The molecule has 0 aromatic heterocycles. The van der Waals surface area contributed by atoms with E-state index in [2.05, 4.69) is 0 Å². The standard InChI is InChI=1S/C27H32Cl2F4N4O5S/c1-26(2,3)43(42)9-8-36(14-21(38)23-19(28)11-16(30)12-20(23)29)25(41)18(13-34)24(27(31,32)33)37(35)17-6-4-15(5-7-17)10-22(39)40/h11-13,15,17,34-35H,4-10,14H2,1-3H3/p+1. The molecule has 0 heterocycles. The van der Waals surface area contributed by atoms with Gasteiger partial charge in [0.2, 0.25) is 0 Å². The van der Waals surface area contributed by atoms with E-state index in [0.717, 1.165) is 12.1 Å². The Bertz CT molecular complexity index is 1320. The molecule has 0 spiro atoms. The van der Waals surface area contributed by atoms with E-state index in [1.165, 1.54) is 0 Å². The molecule has 1 aliphatic carbocycles. The van der Waals surface area contributed by atoms with Gasteiger partial charge in [-0.05, 0) is 51.7 Å². The fourth-order valence-corrected chi connectivity index (χ4v) is 6.34. The zero-order chi connectivity index (χ0) is 32.9. The molecule has 1 saturated carbocycles. The van der Waals surface area contributed by atoms with E-state index in [4.69, 9.17) is 39.2 Å². The molecule has 2 rings (SSSR count). The van der Waals surface area contributed by atoms with E-state index in [0.29, 0.717) is 4.90 Å². The fraction of sp³-hybridized carbons (Fsp3) is 0.556. The summed E-state index contributed by atoms with van der Waals surface area (Å²) in [6, 6.07) is 0.578. The first-order valence-corrected chi connectivity index (χ1v) is 15.2. The topological polar surface area (TPSA) is 142 Å². The minimum Gasteiger partial charge on any atom is -0.481 e. The molecule has 9 nitrogen and oxygen atoms in total. The van der Waals surface area contributed by atoms with Gasteiger partial charge < -0.3 is 15.4 Å². The normalized spacial score (nSPS) is 18.8. The predicted molar refractivity (Wildman–Crippen MR) is 153 cm³/mol. The molecule has 0 radical (unpaired) electrons. The summed E-state index contributed by atoms with van der Waals surface area (Å²) in [7, 11) is -1.60. The number of halogens is 6. The summed E-state index contributed by atoms with van der Waals surface area (Å²) < 4.78 is 69.0. The van der Waals surface area contributed by atoms with E-state index in [1.54, 1.807) is 20.8 Å². The average Bonchev–Trinajstić information content (AvgIpc) is 2.86. The highest BCUT2D eigenvalue weighted by atomic mass is 35.5. The third-order valence-corrected chi connectivity index (χ3v) is 9.44. The quantitative estimate of drug-likeness (QED) is 0.0603. The van der Waals surface area contributed by atoms with Crippen LogP contribution in [0.4, 0.5) is 17.6 Å². The number of benzene rings is 1. The van der Waals surface area contributed by atoms with E-state index >= 15 is 0 Å². The van der Waals surface area contributed by atoms with Gasteiger partial charge in [-0.3, -0.25) is 18.6 Å². The molecule has 1 amide bonds. The Morgan fingerprint density at radius 3 is 2.09 bits per heavy atom. The molecule has 0 saturated heterocycles. The lowest BCUT2D eigenvalue weighted by molar-refractivity contribution is -0.625. The van der Waals surface area contributed by atoms with Gasteiger partial charge in [0.25, 0.3) is 5.91 Å². The maximum absolute atomic E-state index is 14.4. The van der Waals surface area contributed by atoms with Crippen molar-refractivity contribution < 1.29 is 46.0 Å². The number of carbonyl (C=O) groups is 3. The molecule has 0 bridgehead atoms. The van der Waals surface area contributed by atoms with E-state index in [1.807, 2.05) is 0 Å². The number of allylic oxidation sites excluding steroid dienone is 1. The summed E-state index contributed by atoms with van der Waals surface area (Å²) in [5.74, 6) is -4.76. The van der Waals surface area contributed by atoms with Crippen molar-refractivity contribution in [1.29, 1.82) is 10.9 Å². The lowest BCUT2D eigenvalue weighted by Crippen LogP contribution is -2.43. The third-order valence-electron chi connectivity index (χ3n) is 6.92. The van der Waals surface area contributed by atoms with Crippen LogP contribution < -0.4 is 0 Å². The molecular formula is C27H33Cl2F4N4O5S+. The van der Waals surface area contributed by atoms with Crippen LogP contribution in [0.5, 0.6) is 0 Å². The van der Waals surface area contributed by atoms with Crippen LogP contribution in [-0.4, -0.2) is 78.6 Å². The van der Waals surface area contributed by atoms with Crippen LogP contribution in [0.15, 0.2) is 23.4 Å². The Morgan fingerprint density at radius 2 is 1.65 bits per heavy atom. The zero-order valence-electron chi connectivity index (χ0n) is 23.7. The number of amides is 1. The first-order valence-electron chi connectivity index (χ1n) is 13.2. The molecular weight excluding hydrogens is 639 g/mol. The number of nitrogens with one attached hydrogen (secondary N) is 2. The van der Waals surface area contributed by atoms with E-state index in [-0.39, 0.29) is 60.3 Å². The number of carboxylic acid groups (broad SMARTS) is 1. The number of nitrogens with zero attached hydrogens (tertiary/aromatic N) is 2. The van der Waals surface area contributed by atoms with Crippen molar-refractivity contribution in [3.63, 3.8) is 0 Å². The smallest absolute Gasteiger partial charge is 0.480 e. The second kappa shape index (κ2) is 14.8. The molecule has 238 valence electrons. The van der Waals surface area contributed by atoms with Gasteiger partial charge in [-0.25, -0.2) is 4.39 Å². The van der Waals surface area contributed by atoms with Crippen LogP contribution in [0.3, 0.4) is 0 Å². The van der Waals surface area contributed by atoms with Gasteiger partial charge in [-0.15, -0.1) is 0 Å². The van der Waals surface area contributed by atoms with Crippen molar-refractivity contribution in [2.45, 2.75) is 69.8 Å². The lowest BCUT2D eigenvalue weighted by Gasteiger charge is -2.27. The third kappa shape index (κ3) is 9.90. The van der Waals surface area contributed by atoms with Crippen molar-refractivity contribution in [2.75, 3.05) is 18.8 Å². The first-order chi connectivity index (χ1) is 19.8. The first kappa shape index (κ1) is 36.5. The summed E-state index contributed by atoms with van der Waals surface area (Å²) in [6.45, 7) is 3.57. The molecule has 1 fully saturated rings. The highest BCUT2D eigenvalue weighted by Gasteiger charge is 2.51. The number of Topliss-reactive ketones (excluding diaryl/α,β-unsaturated/α-hetero) is 1. The zero-order valence-corrected chi connectivity index (χ0v) is 26.0. The van der Waals surface area contributed by atoms with Crippen molar-refractivity contribution in [1.82, 2.24) is 4.90 Å². The van der Waals surface area contributed by atoms with Crippen LogP contribution in [0.2, 0.25) is 10.0 Å². The number of hydrogen-bond donors (Lipinski definition) is 3. The number of ketones is 1. The Balaban J connectivity index is 2.52. The number of aliphatic carboxylic acids is 1. The Morgan fingerprint density at radius 1 is 1.12 bits per heavy atom. The molecule has 1 atom stereocenters. The minimum absolute atomic E-state index is 0.0504. The summed E-state index contributed by atoms with van der Waals surface area (Å²) >= 11 is 12.0. The monoisotopic (exact) mass is 671 g/mol. The van der Waals surface area contributed by atoms with Crippen LogP contribution >= 0.6 is 23.2 Å². The highest BCUT2D eigenvalue weighted by molar-refractivity contribution is 7.86. The van der Waals surface area contributed by atoms with Crippen LogP contribution in [0, 0.1) is 22.7 Å². The van der Waals surface area contributed by atoms with Gasteiger partial charge in [0.1, 0.15) is 11.4 Å². The van der Waals surface area contributed by atoms with Gasteiger partial charge in [0.15, 0.2) is 11.8 Å². The van der Waals surface area contributed by atoms with Gasteiger partial charge in [0, 0.05) is 53.3 Å². The van der Waals surface area contributed by atoms with Crippen molar-refractivity contribution >= 4 is 57.9 Å². The largest absolute Gasteiger partial charge is 0.481 e. The molecule has 1 unspecified atom stereocenters. The minimum atomic E-state index is -5.27. The second-order valence-corrected chi connectivity index (χ2v) is 14.2. The maximum atomic E-state index is 14.4. The SMILES string of the molecule is CC(C)(C)S(=O)CCN(CC(=O)c1c(Cl)cc(F)cc1Cl)C(=O)C(C=N)=C([N+](=N)C1CCC(CC(=O)O)CC1)C(F)(F)F. The summed E-state index contributed by atoms with van der Waals surface area (Å²) in [4.78, 5) is 38.5. The maximum Gasteiger partial charge on any atom is 0.480 e. The molecule has 1 aromatic rings. The van der Waals surface area contributed by atoms with Crippen molar-refractivity contribution in [2.24, 2.45) is 5.92 Å². The van der Waals surface area contributed by atoms with Gasteiger partial charge in [-0.2, -0.15) is 13.2 Å². The average molecular weight is 673 g/mol. The summed E-state index contributed by atoms with van der Waals surface area (Å²) in [5, 5.41) is 16.0. The van der Waals surface area contributed by atoms with Crippen molar-refractivity contribution in [3.8, 4) is 0 Å². The molecule has 43 heavy (non-hydrogen) atoms. The van der Waals surface area contributed by atoms with E-state index < -0.39 is 85.6 Å². The van der Waals surface area contributed by atoms with Crippen LogP contribution in [0.1, 0.15) is 63.2 Å². The molecule has 16 heteroatoms. The number of rotatable bonds is 12.